The summed E-state index contributed by atoms with van der Waals surface area (Å²) in [7, 11) is 2.00. The summed E-state index contributed by atoms with van der Waals surface area (Å²) >= 11 is 0. The average Bonchev–Trinajstić information content (AvgIpc) is 2.91. The smallest absolute Gasteiger partial charge is 0.231 e. The zero-order valence-corrected chi connectivity index (χ0v) is 11.2. The molecule has 0 saturated carbocycles. The van der Waals surface area contributed by atoms with Gasteiger partial charge >= 0.3 is 0 Å². The van der Waals surface area contributed by atoms with Crippen LogP contribution in [0.4, 0.5) is 0 Å². The van der Waals surface area contributed by atoms with Crippen LogP contribution in [-0.4, -0.2) is 20.9 Å². The van der Waals surface area contributed by atoms with E-state index in [4.69, 9.17) is 14.3 Å². The summed E-state index contributed by atoms with van der Waals surface area (Å²) in [5.41, 5.74) is 3.12. The first-order valence-corrected chi connectivity index (χ1v) is 6.42. The third kappa shape index (κ3) is 2.77. The standard InChI is InChI=1S/C15H14BNO3/c16-13-7-15-14(18-10-19-15)6-12(13)8-17-20-9-11-4-2-1-3-5-11/h1-8H,9-10,16H2/b17-8+. The van der Waals surface area contributed by atoms with Gasteiger partial charge in [-0.05, 0) is 23.3 Å². The number of rotatable bonds is 4. The highest BCUT2D eigenvalue weighted by atomic mass is 16.7. The fourth-order valence-corrected chi connectivity index (χ4v) is 1.98. The molecule has 100 valence electrons. The minimum Gasteiger partial charge on any atom is -0.454 e. The van der Waals surface area contributed by atoms with E-state index in [0.29, 0.717) is 6.61 Å². The lowest BCUT2D eigenvalue weighted by atomic mass is 9.90. The van der Waals surface area contributed by atoms with Gasteiger partial charge in [0.2, 0.25) is 6.79 Å². The molecule has 1 heterocycles. The molecule has 5 heteroatoms. The second kappa shape index (κ2) is 5.69. The number of fused-ring (bicyclic) bond motifs is 1. The monoisotopic (exact) mass is 267 g/mol. The van der Waals surface area contributed by atoms with E-state index in [1.807, 2.05) is 50.3 Å². The highest BCUT2D eigenvalue weighted by Crippen LogP contribution is 2.30. The van der Waals surface area contributed by atoms with Crippen molar-refractivity contribution in [2.45, 2.75) is 6.61 Å². The number of nitrogens with zero attached hydrogens (tertiary/aromatic N) is 1. The van der Waals surface area contributed by atoms with Crippen LogP contribution in [0.3, 0.4) is 0 Å². The SMILES string of the molecule is Bc1cc2c(cc1/C=N/OCc1ccccc1)OCO2. The molecule has 0 unspecified atom stereocenters. The topological polar surface area (TPSA) is 40.0 Å². The molecule has 0 saturated heterocycles. The predicted molar refractivity (Wildman–Crippen MR) is 79.6 cm³/mol. The molecule has 0 radical (unpaired) electrons. The number of benzene rings is 2. The molecule has 1 aliphatic rings. The second-order valence-corrected chi connectivity index (χ2v) is 4.56. The van der Waals surface area contributed by atoms with E-state index in [1.54, 1.807) is 6.21 Å². The number of hydrogen-bond acceptors (Lipinski definition) is 4. The lowest BCUT2D eigenvalue weighted by molar-refractivity contribution is 0.132. The van der Waals surface area contributed by atoms with Gasteiger partial charge in [-0.2, -0.15) is 0 Å². The first-order chi connectivity index (χ1) is 9.83. The molecule has 4 nitrogen and oxygen atoms in total. The summed E-state index contributed by atoms with van der Waals surface area (Å²) in [5.74, 6) is 1.53. The zero-order valence-electron chi connectivity index (χ0n) is 11.2. The molecular weight excluding hydrogens is 253 g/mol. The molecule has 0 bridgehead atoms. The molecule has 0 amide bonds. The highest BCUT2D eigenvalue weighted by molar-refractivity contribution is 6.35. The van der Waals surface area contributed by atoms with Crippen LogP contribution in [0.2, 0.25) is 0 Å². The van der Waals surface area contributed by atoms with Crippen molar-refractivity contribution >= 4 is 19.5 Å². The van der Waals surface area contributed by atoms with Crippen LogP contribution >= 0.6 is 0 Å². The van der Waals surface area contributed by atoms with Crippen LogP contribution in [-0.2, 0) is 11.4 Å². The fourth-order valence-electron chi connectivity index (χ4n) is 1.98. The van der Waals surface area contributed by atoms with E-state index in [1.165, 1.54) is 0 Å². The quantitative estimate of drug-likeness (QED) is 0.475. The molecule has 3 rings (SSSR count). The maximum Gasteiger partial charge on any atom is 0.231 e. The Morgan fingerprint density at radius 1 is 1.15 bits per heavy atom. The van der Waals surface area contributed by atoms with Gasteiger partial charge < -0.3 is 14.3 Å². The van der Waals surface area contributed by atoms with Gasteiger partial charge in [0.15, 0.2) is 11.5 Å². The molecule has 0 fully saturated rings. The van der Waals surface area contributed by atoms with Crippen LogP contribution in [0.15, 0.2) is 47.6 Å². The lowest BCUT2D eigenvalue weighted by Gasteiger charge is -2.03. The van der Waals surface area contributed by atoms with Crippen molar-refractivity contribution in [1.29, 1.82) is 0 Å². The summed E-state index contributed by atoms with van der Waals surface area (Å²) < 4.78 is 10.7. The zero-order chi connectivity index (χ0) is 13.8. The van der Waals surface area contributed by atoms with Gasteiger partial charge in [-0.3, -0.25) is 0 Å². The summed E-state index contributed by atoms with van der Waals surface area (Å²) in [6, 6.07) is 13.8. The van der Waals surface area contributed by atoms with Crippen molar-refractivity contribution in [3.8, 4) is 11.5 Å². The Hall–Kier alpha value is -2.43. The van der Waals surface area contributed by atoms with Crippen LogP contribution in [0.1, 0.15) is 11.1 Å². The highest BCUT2D eigenvalue weighted by Gasteiger charge is 2.14. The van der Waals surface area contributed by atoms with E-state index in [-0.39, 0.29) is 6.79 Å². The maximum absolute atomic E-state index is 5.35. The maximum atomic E-state index is 5.35. The Morgan fingerprint density at radius 3 is 2.70 bits per heavy atom. The van der Waals surface area contributed by atoms with Gasteiger partial charge in [0, 0.05) is 0 Å². The van der Waals surface area contributed by atoms with Gasteiger partial charge in [0.25, 0.3) is 0 Å². The summed E-state index contributed by atoms with van der Waals surface area (Å²) in [5, 5.41) is 4.00. The van der Waals surface area contributed by atoms with Gasteiger partial charge in [0.1, 0.15) is 14.5 Å². The van der Waals surface area contributed by atoms with Crippen molar-refractivity contribution in [3.05, 3.63) is 53.6 Å². The summed E-state index contributed by atoms with van der Waals surface area (Å²) in [4.78, 5) is 5.30. The second-order valence-electron chi connectivity index (χ2n) is 4.56. The normalized spacial score (nSPS) is 12.8. The molecule has 0 atom stereocenters. The molecule has 2 aromatic rings. The molecule has 2 aromatic carbocycles. The molecular formula is C15H14BNO3. The van der Waals surface area contributed by atoms with E-state index < -0.39 is 0 Å². The molecule has 0 N–H and O–H groups in total. The predicted octanol–water partition coefficient (Wildman–Crippen LogP) is 1.22. The molecule has 0 aliphatic carbocycles. The Kier molecular flexibility index (Phi) is 3.59. The summed E-state index contributed by atoms with van der Waals surface area (Å²) in [6.45, 7) is 0.737. The summed E-state index contributed by atoms with van der Waals surface area (Å²) in [6.07, 6.45) is 1.69. The first kappa shape index (κ1) is 12.6. The van der Waals surface area contributed by atoms with E-state index in [9.17, 15) is 0 Å². The van der Waals surface area contributed by atoms with Crippen LogP contribution in [0.25, 0.3) is 0 Å². The van der Waals surface area contributed by atoms with E-state index >= 15 is 0 Å². The third-order valence-corrected chi connectivity index (χ3v) is 3.10. The number of oxime groups is 1. The minimum atomic E-state index is 0.278. The van der Waals surface area contributed by atoms with Gasteiger partial charge in [-0.25, -0.2) is 0 Å². The number of hydrogen-bond donors (Lipinski definition) is 0. The van der Waals surface area contributed by atoms with Gasteiger partial charge in [0.05, 0.1) is 6.21 Å². The Labute approximate surface area is 118 Å². The molecule has 1 aliphatic heterocycles. The van der Waals surface area contributed by atoms with Crippen molar-refractivity contribution in [3.63, 3.8) is 0 Å². The molecule has 0 aromatic heterocycles. The fraction of sp³-hybridized carbons (Fsp3) is 0.133. The largest absolute Gasteiger partial charge is 0.454 e. The molecule has 0 spiro atoms. The van der Waals surface area contributed by atoms with E-state index in [2.05, 4.69) is 5.16 Å². The van der Waals surface area contributed by atoms with Crippen LogP contribution in [0, 0.1) is 0 Å². The molecule has 20 heavy (non-hydrogen) atoms. The Balaban J connectivity index is 1.64. The Morgan fingerprint density at radius 2 is 1.90 bits per heavy atom. The van der Waals surface area contributed by atoms with E-state index in [0.717, 1.165) is 28.1 Å². The van der Waals surface area contributed by atoms with Crippen LogP contribution < -0.4 is 14.9 Å². The lowest BCUT2D eigenvalue weighted by Crippen LogP contribution is -2.09. The third-order valence-electron chi connectivity index (χ3n) is 3.10. The minimum absolute atomic E-state index is 0.278. The Bertz CT molecular complexity index is 629. The van der Waals surface area contributed by atoms with Crippen molar-refractivity contribution in [1.82, 2.24) is 0 Å². The van der Waals surface area contributed by atoms with Crippen LogP contribution in [0.5, 0.6) is 11.5 Å². The number of ether oxygens (including phenoxy) is 2. The first-order valence-electron chi connectivity index (χ1n) is 6.42. The average molecular weight is 267 g/mol. The van der Waals surface area contributed by atoms with Gasteiger partial charge in [-0.1, -0.05) is 41.0 Å². The van der Waals surface area contributed by atoms with Crippen molar-refractivity contribution in [2.75, 3.05) is 6.79 Å². The van der Waals surface area contributed by atoms with Crippen molar-refractivity contribution in [2.24, 2.45) is 5.16 Å². The van der Waals surface area contributed by atoms with Gasteiger partial charge in [-0.15, -0.1) is 0 Å². The van der Waals surface area contributed by atoms with Crippen molar-refractivity contribution < 1.29 is 14.3 Å².